The molecule has 4 nitrogen and oxygen atoms in total. The molecular formula is C14H14F3NO3. The summed E-state index contributed by atoms with van der Waals surface area (Å²) in [6.07, 6.45) is -2.56. The Hall–Kier alpha value is -2.18. The number of amides is 1. The molecule has 1 heterocycles. The molecule has 0 radical (unpaired) electrons. The molecule has 0 atom stereocenters. The van der Waals surface area contributed by atoms with Gasteiger partial charge in [0, 0.05) is 18.7 Å². The Morgan fingerprint density at radius 2 is 2.05 bits per heavy atom. The first-order chi connectivity index (χ1) is 9.90. The maximum atomic E-state index is 12.4. The van der Waals surface area contributed by atoms with Crippen LogP contribution in [0, 0.1) is 0 Å². The molecule has 0 bridgehead atoms. The first kappa shape index (κ1) is 15.2. The number of rotatable bonds is 5. The van der Waals surface area contributed by atoms with Crippen molar-refractivity contribution in [2.45, 2.75) is 12.8 Å². The van der Waals surface area contributed by atoms with Crippen molar-refractivity contribution in [2.75, 3.05) is 19.7 Å². The van der Waals surface area contributed by atoms with E-state index in [0.717, 1.165) is 12.5 Å². The fourth-order valence-electron chi connectivity index (χ4n) is 1.82. The summed E-state index contributed by atoms with van der Waals surface area (Å²) in [4.78, 5) is 13.6. The highest BCUT2D eigenvalue weighted by molar-refractivity contribution is 5.95. The van der Waals surface area contributed by atoms with Gasteiger partial charge in [0.1, 0.15) is 6.61 Å². The third-order valence-corrected chi connectivity index (χ3v) is 2.92. The molecule has 2 rings (SSSR count). The van der Waals surface area contributed by atoms with Crippen molar-refractivity contribution in [3.8, 4) is 11.5 Å². The summed E-state index contributed by atoms with van der Waals surface area (Å²) in [5.41, 5.74) is 0.139. The van der Waals surface area contributed by atoms with Gasteiger partial charge in [-0.1, -0.05) is 12.7 Å². The van der Waals surface area contributed by atoms with Crippen LogP contribution in [0.3, 0.4) is 0 Å². The molecule has 114 valence electrons. The Morgan fingerprint density at radius 3 is 2.57 bits per heavy atom. The largest absolute Gasteiger partial charge is 0.573 e. The number of carbonyl (C=O) groups is 1. The van der Waals surface area contributed by atoms with Crippen LogP contribution in [0.4, 0.5) is 13.2 Å². The van der Waals surface area contributed by atoms with Crippen LogP contribution in [0.15, 0.2) is 30.9 Å². The van der Waals surface area contributed by atoms with Gasteiger partial charge in [0.2, 0.25) is 0 Å². The number of benzene rings is 1. The Balaban J connectivity index is 2.26. The first-order valence-corrected chi connectivity index (χ1v) is 6.33. The van der Waals surface area contributed by atoms with E-state index in [4.69, 9.17) is 4.74 Å². The average Bonchev–Trinajstić information content (AvgIpc) is 2.33. The number of likely N-dealkylation sites (tertiary alicyclic amines) is 1. The molecule has 0 N–H and O–H groups in total. The molecule has 1 amide bonds. The van der Waals surface area contributed by atoms with Crippen LogP contribution < -0.4 is 9.47 Å². The van der Waals surface area contributed by atoms with Gasteiger partial charge in [0.05, 0.1) is 0 Å². The predicted molar refractivity (Wildman–Crippen MR) is 69.3 cm³/mol. The van der Waals surface area contributed by atoms with Gasteiger partial charge in [-0.05, 0) is 24.6 Å². The molecule has 21 heavy (non-hydrogen) atoms. The smallest absolute Gasteiger partial charge is 0.486 e. The second-order valence-electron chi connectivity index (χ2n) is 4.45. The van der Waals surface area contributed by atoms with Crippen molar-refractivity contribution >= 4 is 5.91 Å². The number of hydrogen-bond acceptors (Lipinski definition) is 3. The minimum absolute atomic E-state index is 0.0354. The molecule has 1 aromatic carbocycles. The van der Waals surface area contributed by atoms with Gasteiger partial charge >= 0.3 is 6.36 Å². The second kappa shape index (κ2) is 6.07. The number of carbonyl (C=O) groups excluding carboxylic acids is 1. The third-order valence-electron chi connectivity index (χ3n) is 2.92. The summed E-state index contributed by atoms with van der Waals surface area (Å²) in [6.45, 7) is 4.68. The van der Waals surface area contributed by atoms with Crippen LogP contribution in [0.25, 0.3) is 0 Å². The topological polar surface area (TPSA) is 38.8 Å². The van der Waals surface area contributed by atoms with Gasteiger partial charge in [-0.15, -0.1) is 13.2 Å². The third kappa shape index (κ3) is 3.90. The fraction of sp³-hybridized carbons (Fsp3) is 0.357. The van der Waals surface area contributed by atoms with Crippen molar-refractivity contribution in [1.82, 2.24) is 4.90 Å². The van der Waals surface area contributed by atoms with Gasteiger partial charge < -0.3 is 14.4 Å². The van der Waals surface area contributed by atoms with E-state index in [1.165, 1.54) is 18.2 Å². The lowest BCUT2D eigenvalue weighted by molar-refractivity contribution is -0.275. The lowest BCUT2D eigenvalue weighted by Crippen LogP contribution is -2.42. The summed E-state index contributed by atoms with van der Waals surface area (Å²) in [6, 6.07) is 3.76. The first-order valence-electron chi connectivity index (χ1n) is 6.33. The molecule has 0 saturated carbocycles. The molecule has 7 heteroatoms. The highest BCUT2D eigenvalue weighted by Crippen LogP contribution is 2.33. The minimum Gasteiger partial charge on any atom is -0.486 e. The number of halogens is 3. The van der Waals surface area contributed by atoms with Gasteiger partial charge in [-0.3, -0.25) is 4.79 Å². The Bertz CT molecular complexity index is 539. The molecule has 0 spiro atoms. The minimum atomic E-state index is -4.86. The molecule has 1 aliphatic rings. The molecular weight excluding hydrogens is 287 g/mol. The zero-order chi connectivity index (χ0) is 15.5. The normalized spacial score (nSPS) is 14.3. The van der Waals surface area contributed by atoms with Crippen molar-refractivity contribution in [3.05, 3.63) is 36.4 Å². The van der Waals surface area contributed by atoms with Crippen LogP contribution in [0.1, 0.15) is 16.8 Å². The quantitative estimate of drug-likeness (QED) is 0.785. The van der Waals surface area contributed by atoms with Crippen LogP contribution in [-0.4, -0.2) is 36.9 Å². The van der Waals surface area contributed by atoms with Crippen LogP contribution in [0.2, 0.25) is 0 Å². The van der Waals surface area contributed by atoms with E-state index in [2.05, 4.69) is 11.3 Å². The number of alkyl halides is 3. The summed E-state index contributed by atoms with van der Waals surface area (Å²) >= 11 is 0. The molecule has 1 aromatic rings. The monoisotopic (exact) mass is 301 g/mol. The second-order valence-corrected chi connectivity index (χ2v) is 4.45. The van der Waals surface area contributed by atoms with E-state index in [1.54, 1.807) is 4.90 Å². The van der Waals surface area contributed by atoms with Crippen molar-refractivity contribution < 1.29 is 27.4 Å². The highest BCUT2D eigenvalue weighted by atomic mass is 19.4. The maximum Gasteiger partial charge on any atom is 0.573 e. The van der Waals surface area contributed by atoms with Crippen LogP contribution in [-0.2, 0) is 0 Å². The van der Waals surface area contributed by atoms with Crippen LogP contribution >= 0.6 is 0 Å². The molecule has 0 unspecified atom stereocenters. The molecule has 1 aliphatic heterocycles. The van der Waals surface area contributed by atoms with E-state index < -0.39 is 12.1 Å². The zero-order valence-electron chi connectivity index (χ0n) is 11.2. The van der Waals surface area contributed by atoms with Gasteiger partial charge in [-0.25, -0.2) is 0 Å². The average molecular weight is 301 g/mol. The summed E-state index contributed by atoms with van der Waals surface area (Å²) in [5.74, 6) is -0.938. The van der Waals surface area contributed by atoms with Crippen molar-refractivity contribution in [3.63, 3.8) is 0 Å². The standard InChI is InChI=1S/C14H14F3NO3/c1-2-8-20-11-5-4-10(13(19)18-6-3-7-18)9-12(11)21-14(15,16)17/h2,4-5,9H,1,3,6-8H2. The van der Waals surface area contributed by atoms with E-state index in [-0.39, 0.29) is 23.8 Å². The van der Waals surface area contributed by atoms with E-state index >= 15 is 0 Å². The number of hydrogen-bond donors (Lipinski definition) is 0. The lowest BCUT2D eigenvalue weighted by atomic mass is 10.1. The fourth-order valence-corrected chi connectivity index (χ4v) is 1.82. The summed E-state index contributed by atoms with van der Waals surface area (Å²) in [7, 11) is 0. The summed E-state index contributed by atoms with van der Waals surface area (Å²) in [5, 5.41) is 0. The SMILES string of the molecule is C=CCOc1ccc(C(=O)N2CCC2)cc1OC(F)(F)F. The Kier molecular flexibility index (Phi) is 4.40. The summed E-state index contributed by atoms with van der Waals surface area (Å²) < 4.78 is 46.3. The van der Waals surface area contributed by atoms with Gasteiger partial charge in [0.15, 0.2) is 11.5 Å². The van der Waals surface area contributed by atoms with Crippen molar-refractivity contribution in [2.24, 2.45) is 0 Å². The molecule has 0 aromatic heterocycles. The van der Waals surface area contributed by atoms with Gasteiger partial charge in [0.25, 0.3) is 5.91 Å². The highest BCUT2D eigenvalue weighted by Gasteiger charge is 2.33. The number of ether oxygens (including phenoxy) is 2. The molecule has 0 aliphatic carbocycles. The van der Waals surface area contributed by atoms with Gasteiger partial charge in [-0.2, -0.15) is 0 Å². The number of nitrogens with zero attached hydrogens (tertiary/aromatic N) is 1. The predicted octanol–water partition coefficient (Wildman–Crippen LogP) is 3.00. The zero-order valence-corrected chi connectivity index (χ0v) is 11.2. The molecule has 1 fully saturated rings. The molecule has 1 saturated heterocycles. The lowest BCUT2D eigenvalue weighted by Gasteiger charge is -2.31. The van der Waals surface area contributed by atoms with E-state index in [0.29, 0.717) is 13.1 Å². The Labute approximate surface area is 119 Å². The maximum absolute atomic E-state index is 12.4. The van der Waals surface area contributed by atoms with E-state index in [1.807, 2.05) is 0 Å². The van der Waals surface area contributed by atoms with Crippen LogP contribution in [0.5, 0.6) is 11.5 Å². The van der Waals surface area contributed by atoms with Crippen molar-refractivity contribution in [1.29, 1.82) is 0 Å². The van der Waals surface area contributed by atoms with E-state index in [9.17, 15) is 18.0 Å². The Morgan fingerprint density at radius 1 is 1.33 bits per heavy atom.